The molecule has 4 unspecified atom stereocenters. The SMILES string of the molecule is Cc1nc(Br)ccc1NC(=O)C1C2C=CC(C2)C1C(=O)O. The monoisotopic (exact) mass is 350 g/mol. The molecular formula is C15H15BrN2O3. The molecule has 1 amide bonds. The Labute approximate surface area is 130 Å². The lowest BCUT2D eigenvalue weighted by atomic mass is 9.82. The molecule has 6 heteroatoms. The lowest BCUT2D eigenvalue weighted by Gasteiger charge is -2.24. The van der Waals surface area contributed by atoms with Crippen LogP contribution >= 0.6 is 15.9 Å². The summed E-state index contributed by atoms with van der Waals surface area (Å²) in [6.45, 7) is 1.80. The fraction of sp³-hybridized carbons (Fsp3) is 0.400. The molecule has 0 radical (unpaired) electrons. The number of hydrogen-bond acceptors (Lipinski definition) is 3. The molecule has 1 heterocycles. The third-order valence-corrected chi connectivity index (χ3v) is 4.80. The quantitative estimate of drug-likeness (QED) is 0.648. The highest BCUT2D eigenvalue weighted by Gasteiger charge is 2.51. The van der Waals surface area contributed by atoms with Gasteiger partial charge >= 0.3 is 5.97 Å². The van der Waals surface area contributed by atoms with Gasteiger partial charge in [0.2, 0.25) is 5.91 Å². The van der Waals surface area contributed by atoms with E-state index >= 15 is 0 Å². The number of rotatable bonds is 3. The van der Waals surface area contributed by atoms with E-state index in [2.05, 4.69) is 26.2 Å². The van der Waals surface area contributed by atoms with Gasteiger partial charge < -0.3 is 10.4 Å². The molecule has 21 heavy (non-hydrogen) atoms. The van der Waals surface area contributed by atoms with Gasteiger partial charge in [0, 0.05) is 0 Å². The lowest BCUT2D eigenvalue weighted by Crippen LogP contribution is -2.36. The van der Waals surface area contributed by atoms with E-state index in [0.29, 0.717) is 16.0 Å². The number of fused-ring (bicyclic) bond motifs is 2. The number of anilines is 1. The molecular weight excluding hydrogens is 336 g/mol. The molecule has 1 aromatic rings. The minimum absolute atomic E-state index is 0.0209. The second-order valence-electron chi connectivity index (χ2n) is 5.59. The first-order valence-corrected chi connectivity index (χ1v) is 7.62. The number of carbonyl (C=O) groups excluding carboxylic acids is 1. The van der Waals surface area contributed by atoms with Gasteiger partial charge in [-0.3, -0.25) is 9.59 Å². The maximum absolute atomic E-state index is 12.5. The van der Waals surface area contributed by atoms with E-state index < -0.39 is 17.8 Å². The van der Waals surface area contributed by atoms with Crippen molar-refractivity contribution in [2.24, 2.45) is 23.7 Å². The molecule has 5 nitrogen and oxygen atoms in total. The van der Waals surface area contributed by atoms with Gasteiger partial charge in [-0.2, -0.15) is 0 Å². The fourth-order valence-corrected chi connectivity index (χ4v) is 3.79. The van der Waals surface area contributed by atoms with Crippen LogP contribution in [-0.2, 0) is 9.59 Å². The number of aliphatic carboxylic acids is 1. The number of carboxylic acids is 1. The summed E-state index contributed by atoms with van der Waals surface area (Å²) < 4.78 is 0.698. The summed E-state index contributed by atoms with van der Waals surface area (Å²) in [5.74, 6) is -2.24. The van der Waals surface area contributed by atoms with Crippen LogP contribution in [0, 0.1) is 30.6 Å². The van der Waals surface area contributed by atoms with E-state index in [1.54, 1.807) is 19.1 Å². The van der Waals surface area contributed by atoms with Crippen molar-refractivity contribution in [1.82, 2.24) is 4.98 Å². The number of nitrogens with one attached hydrogen (secondary N) is 1. The molecule has 2 N–H and O–H groups in total. The number of allylic oxidation sites excluding steroid dienone is 2. The first-order valence-electron chi connectivity index (χ1n) is 6.82. The molecule has 1 saturated carbocycles. The van der Waals surface area contributed by atoms with Gasteiger partial charge in [-0.05, 0) is 53.2 Å². The van der Waals surface area contributed by atoms with E-state index in [1.165, 1.54) is 0 Å². The van der Waals surface area contributed by atoms with Crippen molar-refractivity contribution < 1.29 is 14.7 Å². The molecule has 0 spiro atoms. The van der Waals surface area contributed by atoms with Gasteiger partial charge in [0.05, 0.1) is 23.2 Å². The van der Waals surface area contributed by atoms with Crippen LogP contribution in [0.2, 0.25) is 0 Å². The van der Waals surface area contributed by atoms with Crippen LogP contribution in [0.15, 0.2) is 28.9 Å². The van der Waals surface area contributed by atoms with Gasteiger partial charge in [0.15, 0.2) is 0 Å². The van der Waals surface area contributed by atoms with Crippen LogP contribution < -0.4 is 5.32 Å². The number of carboxylic acid groups (broad SMARTS) is 1. The van der Waals surface area contributed by atoms with Gasteiger partial charge in [-0.15, -0.1) is 0 Å². The Hall–Kier alpha value is -1.69. The maximum atomic E-state index is 12.5. The summed E-state index contributed by atoms with van der Waals surface area (Å²) in [4.78, 5) is 28.2. The van der Waals surface area contributed by atoms with Crippen LogP contribution in [0.25, 0.3) is 0 Å². The Morgan fingerprint density at radius 1 is 1.29 bits per heavy atom. The Kier molecular flexibility index (Phi) is 3.57. The summed E-state index contributed by atoms with van der Waals surface area (Å²) in [6, 6.07) is 3.52. The van der Waals surface area contributed by atoms with E-state index in [4.69, 9.17) is 0 Å². The normalized spacial score (nSPS) is 29.6. The average Bonchev–Trinajstić information content (AvgIpc) is 3.02. The Balaban J connectivity index is 1.82. The summed E-state index contributed by atoms with van der Waals surface area (Å²) in [5.41, 5.74) is 1.32. The molecule has 0 saturated heterocycles. The van der Waals surface area contributed by atoms with E-state index in [1.807, 2.05) is 12.2 Å². The summed E-state index contributed by atoms with van der Waals surface area (Å²) in [5, 5.41) is 12.2. The molecule has 2 aliphatic carbocycles. The second-order valence-corrected chi connectivity index (χ2v) is 6.41. The number of hydrogen-bond donors (Lipinski definition) is 2. The predicted octanol–water partition coefficient (Wildman–Crippen LogP) is 2.61. The van der Waals surface area contributed by atoms with Crippen molar-refractivity contribution in [2.75, 3.05) is 5.32 Å². The Bertz CT molecular complexity index is 644. The van der Waals surface area contributed by atoms with E-state index in [9.17, 15) is 14.7 Å². The summed E-state index contributed by atoms with van der Waals surface area (Å²) in [6.07, 6.45) is 4.66. The minimum atomic E-state index is -0.891. The third kappa shape index (κ3) is 2.48. The van der Waals surface area contributed by atoms with Gasteiger partial charge in [0.25, 0.3) is 0 Å². The molecule has 2 bridgehead atoms. The zero-order valence-electron chi connectivity index (χ0n) is 11.4. The summed E-state index contributed by atoms with van der Waals surface area (Å²) >= 11 is 3.27. The molecule has 1 fully saturated rings. The molecule has 0 aromatic carbocycles. The van der Waals surface area contributed by atoms with Crippen LogP contribution in [0.1, 0.15) is 12.1 Å². The van der Waals surface area contributed by atoms with Gasteiger partial charge in [-0.25, -0.2) is 4.98 Å². The highest BCUT2D eigenvalue weighted by molar-refractivity contribution is 9.10. The topological polar surface area (TPSA) is 79.3 Å². The zero-order valence-corrected chi connectivity index (χ0v) is 13.0. The number of pyridine rings is 1. The first kappa shape index (κ1) is 14.3. The van der Waals surface area contributed by atoms with Gasteiger partial charge in [-0.1, -0.05) is 12.2 Å². The van der Waals surface area contributed by atoms with Gasteiger partial charge in [0.1, 0.15) is 4.60 Å². The third-order valence-electron chi connectivity index (χ3n) is 4.36. The number of aromatic nitrogens is 1. The molecule has 1 aromatic heterocycles. The number of halogens is 1. The van der Waals surface area contributed by atoms with Crippen molar-refractivity contribution in [1.29, 1.82) is 0 Å². The zero-order chi connectivity index (χ0) is 15.1. The highest BCUT2D eigenvalue weighted by Crippen LogP contribution is 2.48. The van der Waals surface area contributed by atoms with Crippen molar-refractivity contribution in [3.63, 3.8) is 0 Å². The fourth-order valence-electron chi connectivity index (χ4n) is 3.39. The standard InChI is InChI=1S/C15H15BrN2O3/c1-7-10(4-5-11(16)17-7)18-14(19)12-8-2-3-9(6-8)13(12)15(20)21/h2-5,8-9,12-13H,6H2,1H3,(H,18,19)(H,20,21). The van der Waals surface area contributed by atoms with E-state index in [-0.39, 0.29) is 17.7 Å². The lowest BCUT2D eigenvalue weighted by molar-refractivity contribution is -0.146. The predicted molar refractivity (Wildman–Crippen MR) is 80.7 cm³/mol. The second kappa shape index (κ2) is 5.26. The molecule has 0 aliphatic heterocycles. The average molecular weight is 351 g/mol. The van der Waals surface area contributed by atoms with Crippen LogP contribution in [0.4, 0.5) is 5.69 Å². The minimum Gasteiger partial charge on any atom is -0.481 e. The maximum Gasteiger partial charge on any atom is 0.307 e. The smallest absolute Gasteiger partial charge is 0.307 e. The van der Waals surface area contributed by atoms with Crippen molar-refractivity contribution in [2.45, 2.75) is 13.3 Å². The van der Waals surface area contributed by atoms with Crippen LogP contribution in [0.3, 0.4) is 0 Å². The van der Waals surface area contributed by atoms with E-state index in [0.717, 1.165) is 6.42 Å². The van der Waals surface area contributed by atoms with Crippen LogP contribution in [0.5, 0.6) is 0 Å². The van der Waals surface area contributed by atoms with Crippen molar-refractivity contribution in [3.05, 3.63) is 34.6 Å². The molecule has 3 rings (SSSR count). The first-order chi connectivity index (χ1) is 9.97. The summed E-state index contributed by atoms with van der Waals surface area (Å²) in [7, 11) is 0. The molecule has 2 aliphatic rings. The Morgan fingerprint density at radius 3 is 2.57 bits per heavy atom. The Morgan fingerprint density at radius 2 is 1.95 bits per heavy atom. The van der Waals surface area contributed by atoms with Crippen molar-refractivity contribution in [3.8, 4) is 0 Å². The number of amides is 1. The van der Waals surface area contributed by atoms with Crippen molar-refractivity contribution >= 4 is 33.5 Å². The number of aryl methyl sites for hydroxylation is 1. The molecule has 110 valence electrons. The highest BCUT2D eigenvalue weighted by atomic mass is 79.9. The van der Waals surface area contributed by atoms with Crippen LogP contribution in [-0.4, -0.2) is 22.0 Å². The molecule has 4 atom stereocenters. The number of carbonyl (C=O) groups is 2. The largest absolute Gasteiger partial charge is 0.481 e. The number of nitrogens with zero attached hydrogens (tertiary/aromatic N) is 1.